The van der Waals surface area contributed by atoms with E-state index in [1.807, 2.05) is 35.0 Å². The molecule has 0 amide bonds. The molecule has 6 nitrogen and oxygen atoms in total. The average Bonchev–Trinajstić information content (AvgIpc) is 3.51. The molecule has 0 bridgehead atoms. The summed E-state index contributed by atoms with van der Waals surface area (Å²) < 4.78 is 10.5. The molecule has 3 heterocycles. The first-order valence-electron chi connectivity index (χ1n) is 8.90. The molecule has 152 valence electrons. The third-order valence-electron chi connectivity index (χ3n) is 4.22. The van der Waals surface area contributed by atoms with Crippen molar-refractivity contribution < 1.29 is 14.3 Å². The molecule has 0 aliphatic heterocycles. The topological polar surface area (TPSA) is 74.2 Å². The van der Waals surface area contributed by atoms with E-state index in [1.54, 1.807) is 48.0 Å². The SMILES string of the molecule is COc1ccc(OC)c(C(=O)CSc2nnc(-c3cccs3)c(-c3cccs3)n2)c1. The van der Waals surface area contributed by atoms with Crippen LogP contribution in [0.1, 0.15) is 10.4 Å². The molecule has 0 spiro atoms. The summed E-state index contributed by atoms with van der Waals surface area (Å²) in [4.78, 5) is 19.5. The van der Waals surface area contributed by atoms with Gasteiger partial charge in [-0.2, -0.15) is 0 Å². The van der Waals surface area contributed by atoms with Crippen LogP contribution < -0.4 is 9.47 Å². The number of thiophene rings is 2. The molecule has 3 aromatic heterocycles. The maximum absolute atomic E-state index is 12.8. The van der Waals surface area contributed by atoms with E-state index in [4.69, 9.17) is 14.5 Å². The monoisotopic (exact) mass is 455 g/mol. The average molecular weight is 456 g/mol. The number of carbonyl (C=O) groups is 1. The Kier molecular flexibility index (Phi) is 6.41. The standard InChI is InChI=1S/C21H17N3O3S3/c1-26-13-7-8-16(27-2)14(11-13)15(25)12-30-21-22-19(17-5-3-9-28-17)20(23-24-21)18-6-4-10-29-18/h3-11H,12H2,1-2H3. The lowest BCUT2D eigenvalue weighted by Crippen LogP contribution is -2.07. The van der Waals surface area contributed by atoms with Crippen LogP contribution in [0.5, 0.6) is 11.5 Å². The fraction of sp³-hybridized carbons (Fsp3) is 0.143. The van der Waals surface area contributed by atoms with E-state index in [2.05, 4.69) is 10.2 Å². The van der Waals surface area contributed by atoms with Gasteiger partial charge in [0.1, 0.15) is 22.9 Å². The van der Waals surface area contributed by atoms with Crippen LogP contribution in [0.3, 0.4) is 0 Å². The summed E-state index contributed by atoms with van der Waals surface area (Å²) in [6.45, 7) is 0. The van der Waals surface area contributed by atoms with E-state index < -0.39 is 0 Å². The zero-order chi connectivity index (χ0) is 20.9. The molecule has 1 aromatic carbocycles. The van der Waals surface area contributed by atoms with E-state index >= 15 is 0 Å². The van der Waals surface area contributed by atoms with Crippen LogP contribution in [0, 0.1) is 0 Å². The maximum atomic E-state index is 12.8. The Morgan fingerprint density at radius 1 is 0.967 bits per heavy atom. The largest absolute Gasteiger partial charge is 0.497 e. The highest BCUT2D eigenvalue weighted by Crippen LogP contribution is 2.34. The zero-order valence-corrected chi connectivity index (χ0v) is 18.6. The van der Waals surface area contributed by atoms with Gasteiger partial charge in [-0.3, -0.25) is 4.79 Å². The Hall–Kier alpha value is -2.75. The minimum Gasteiger partial charge on any atom is -0.497 e. The maximum Gasteiger partial charge on any atom is 0.210 e. The van der Waals surface area contributed by atoms with Gasteiger partial charge < -0.3 is 9.47 Å². The second-order valence-corrected chi connectivity index (χ2v) is 8.86. The summed E-state index contributed by atoms with van der Waals surface area (Å²) in [6.07, 6.45) is 0. The number of hydrogen-bond acceptors (Lipinski definition) is 9. The summed E-state index contributed by atoms with van der Waals surface area (Å²) in [5.74, 6) is 1.17. The van der Waals surface area contributed by atoms with Gasteiger partial charge in [-0.1, -0.05) is 23.9 Å². The van der Waals surface area contributed by atoms with E-state index in [9.17, 15) is 4.79 Å². The van der Waals surface area contributed by atoms with Gasteiger partial charge >= 0.3 is 0 Å². The van der Waals surface area contributed by atoms with E-state index in [-0.39, 0.29) is 11.5 Å². The van der Waals surface area contributed by atoms with Crippen molar-refractivity contribution in [2.45, 2.75) is 5.16 Å². The Balaban J connectivity index is 1.59. The number of ether oxygens (including phenoxy) is 2. The number of nitrogens with zero attached hydrogens (tertiary/aromatic N) is 3. The highest BCUT2D eigenvalue weighted by molar-refractivity contribution is 7.99. The van der Waals surface area contributed by atoms with Gasteiger partial charge in [-0.05, 0) is 41.1 Å². The van der Waals surface area contributed by atoms with Crippen molar-refractivity contribution >= 4 is 40.2 Å². The molecule has 30 heavy (non-hydrogen) atoms. The number of ketones is 1. The van der Waals surface area contributed by atoms with Gasteiger partial charge in [-0.15, -0.1) is 32.9 Å². The molecule has 0 aliphatic carbocycles. The summed E-state index contributed by atoms with van der Waals surface area (Å²) in [6, 6.07) is 13.1. The lowest BCUT2D eigenvalue weighted by atomic mass is 10.1. The van der Waals surface area contributed by atoms with Crippen LogP contribution in [0.4, 0.5) is 0 Å². The number of Topliss-reactive ketones (excluding diaryl/α,β-unsaturated/α-hetero) is 1. The molecular weight excluding hydrogens is 438 g/mol. The molecule has 0 aliphatic rings. The highest BCUT2D eigenvalue weighted by atomic mass is 32.2. The van der Waals surface area contributed by atoms with Crippen LogP contribution >= 0.6 is 34.4 Å². The number of hydrogen-bond donors (Lipinski definition) is 0. The van der Waals surface area contributed by atoms with Crippen molar-refractivity contribution in [3.05, 3.63) is 58.8 Å². The number of benzene rings is 1. The third-order valence-corrected chi connectivity index (χ3v) is 6.81. The Morgan fingerprint density at radius 2 is 1.70 bits per heavy atom. The fourth-order valence-electron chi connectivity index (χ4n) is 2.78. The summed E-state index contributed by atoms with van der Waals surface area (Å²) >= 11 is 4.44. The summed E-state index contributed by atoms with van der Waals surface area (Å²) in [5.41, 5.74) is 1.99. The highest BCUT2D eigenvalue weighted by Gasteiger charge is 2.18. The quantitative estimate of drug-likeness (QED) is 0.263. The summed E-state index contributed by atoms with van der Waals surface area (Å²) in [7, 11) is 3.10. The predicted octanol–water partition coefficient (Wildman–Crippen LogP) is 5.32. The molecule has 0 saturated carbocycles. The molecule has 0 N–H and O–H groups in total. The van der Waals surface area contributed by atoms with E-state index in [0.717, 1.165) is 21.1 Å². The fourth-order valence-corrected chi connectivity index (χ4v) is 4.87. The van der Waals surface area contributed by atoms with E-state index in [1.165, 1.54) is 18.9 Å². The van der Waals surface area contributed by atoms with Gasteiger partial charge in [0.2, 0.25) is 5.16 Å². The number of aromatic nitrogens is 3. The second-order valence-electron chi connectivity index (χ2n) is 6.02. The van der Waals surface area contributed by atoms with Crippen molar-refractivity contribution in [2.24, 2.45) is 0 Å². The van der Waals surface area contributed by atoms with Crippen molar-refractivity contribution in [3.63, 3.8) is 0 Å². The smallest absolute Gasteiger partial charge is 0.210 e. The zero-order valence-electron chi connectivity index (χ0n) is 16.2. The number of rotatable bonds is 8. The van der Waals surface area contributed by atoms with Crippen LogP contribution in [0.15, 0.2) is 58.4 Å². The van der Waals surface area contributed by atoms with Gasteiger partial charge in [0.25, 0.3) is 0 Å². The van der Waals surface area contributed by atoms with Crippen LogP contribution in [-0.2, 0) is 0 Å². The first-order chi connectivity index (χ1) is 14.7. The lowest BCUT2D eigenvalue weighted by Gasteiger charge is -2.10. The first-order valence-corrected chi connectivity index (χ1v) is 11.6. The number of carbonyl (C=O) groups excluding carboxylic acids is 1. The Bertz CT molecular complexity index is 1150. The minimum atomic E-state index is -0.0978. The molecule has 0 saturated heterocycles. The molecule has 4 rings (SSSR count). The summed E-state index contributed by atoms with van der Waals surface area (Å²) in [5, 5.41) is 13.1. The van der Waals surface area contributed by atoms with E-state index in [0.29, 0.717) is 22.2 Å². The van der Waals surface area contributed by atoms with Crippen molar-refractivity contribution in [3.8, 4) is 32.6 Å². The first kappa shape index (κ1) is 20.5. The molecular formula is C21H17N3O3S3. The van der Waals surface area contributed by atoms with Gasteiger partial charge in [-0.25, -0.2) is 4.98 Å². The van der Waals surface area contributed by atoms with Crippen LogP contribution in [-0.4, -0.2) is 40.9 Å². The number of thioether (sulfide) groups is 1. The van der Waals surface area contributed by atoms with Gasteiger partial charge in [0.05, 0.1) is 35.3 Å². The third kappa shape index (κ3) is 4.38. The Labute approximate surface area is 185 Å². The second kappa shape index (κ2) is 9.38. The molecule has 0 fully saturated rings. The van der Waals surface area contributed by atoms with Crippen LogP contribution in [0.2, 0.25) is 0 Å². The van der Waals surface area contributed by atoms with Gasteiger partial charge in [0.15, 0.2) is 5.78 Å². The molecule has 0 radical (unpaired) electrons. The minimum absolute atomic E-state index is 0.0978. The molecule has 0 unspecified atom stereocenters. The van der Waals surface area contributed by atoms with Crippen LogP contribution in [0.25, 0.3) is 21.1 Å². The van der Waals surface area contributed by atoms with Crippen molar-refractivity contribution in [1.82, 2.24) is 15.2 Å². The molecule has 4 aromatic rings. The van der Waals surface area contributed by atoms with Gasteiger partial charge in [0, 0.05) is 0 Å². The Morgan fingerprint density at radius 3 is 2.33 bits per heavy atom. The van der Waals surface area contributed by atoms with Crippen molar-refractivity contribution in [1.29, 1.82) is 0 Å². The molecule has 0 atom stereocenters. The van der Waals surface area contributed by atoms with Crippen molar-refractivity contribution in [2.75, 3.05) is 20.0 Å². The normalized spacial score (nSPS) is 10.7. The lowest BCUT2D eigenvalue weighted by molar-refractivity contribution is 0.101. The number of methoxy groups -OCH3 is 2. The molecule has 9 heteroatoms. The predicted molar refractivity (Wildman–Crippen MR) is 121 cm³/mol.